The van der Waals surface area contributed by atoms with Crippen LogP contribution in [0.15, 0.2) is 104 Å². The summed E-state index contributed by atoms with van der Waals surface area (Å²) in [5.41, 5.74) is 4.63. The lowest BCUT2D eigenvalue weighted by Crippen LogP contribution is -2.62. The smallest absolute Gasteiger partial charge is 0.330 e. The fourth-order valence-corrected chi connectivity index (χ4v) is 21.0. The van der Waals surface area contributed by atoms with Crippen LogP contribution in [-0.2, 0) is 90.8 Å². The zero-order chi connectivity index (χ0) is 110. The number of Topliss-reactive ketones (excluding diaryl/α,β-unsaturated/α-hetero) is 2. The van der Waals surface area contributed by atoms with Crippen LogP contribution in [0.25, 0.3) is 0 Å². The van der Waals surface area contributed by atoms with Gasteiger partial charge in [-0.05, 0) is 75.3 Å². The summed E-state index contributed by atoms with van der Waals surface area (Å²) < 4.78 is 47.3. The Bertz CT molecular complexity index is 5070. The largest absolute Gasteiger partial charge is 0.465 e. The molecule has 10 aliphatic rings. The number of aliphatic hydroxyl groups is 20. The highest BCUT2D eigenvalue weighted by Crippen LogP contribution is 2.47. The lowest BCUT2D eigenvalue weighted by atomic mass is 9.79. The minimum atomic E-state index is -1.72. The number of aromatic amines is 1. The molecule has 25 N–H and O–H groups in total. The van der Waals surface area contributed by atoms with Gasteiger partial charge in [-0.1, -0.05) is 116 Å². The number of thioether (sulfide) groups is 1. The number of ether oxygens (including phenoxy) is 8. The molecule has 0 spiro atoms. The summed E-state index contributed by atoms with van der Waals surface area (Å²) in [5, 5.41) is 210. The standard InChI is InChI=1S/C30H48N2O15.C20H27N3O4.C16H23N3O5.C15H24O5S.C10H18N2O4.C9H15NO4/c1-12(2)5-4-6-14(34)9-15-21(38)22(39)17(44-29(15)47-28-13(3)20(37)23(40)18(11-33)45-28)10-16(35)26-24(41)25(42)27(46-26)32-8-7-19(36)31-30(32)43;1-12(2)20(27)22-16-18(26)17(25)15(11-24)23-10-14(21-19(16)23)9-8-13-6-4-3-5-7-13;1-10(21)17-13-15(23)14(22)12(9-20)18-16(13)19-24-8-7-11-5-3-2-4-6-11;1-8(16)6-13-9(2)10(3)14(7-19-11(4)17)21-15(13)20-12(5)18;1-2-11-7-3-5-8(12-7)10(15)9(14)6(4-13)16-5;1-4-2-5-7(10-4)9(13)8(12)6(3-11)14-5/h7-8,12-13,15-18,20-29,33,35,37-42H,4-6,9-11H2,1-3H3,(H,31,36,43);3-7,10,12,15-18,24-26H,8-9,11H2,1-2H3,(H,22,27);2-6,12-15,20,22-23H,7-9H2,1H3,(H,17,21)(H,18,19);9-10,13-15H,6-7H2,1-5H3;5-6,8-10,13-15H,2-4H2,1H3,(H,11,12);5-9,11-13H,2-3H2,1H3/t13?,15-,16-,17-,18?,20-,21+,22?,23-,24-,25?,26-,27-,28-,29?;15?,16?,17-,18-;12?,13?,14-,15-;9-,10-,13?,14?,15?;5-,6?,8?,9+,10+;5-,6?,7?,8+,9+/m111000/s1. The molecule has 2 amide bonds. The minimum absolute atomic E-state index is 0.0000203. The Morgan fingerprint density at radius 3 is 1.78 bits per heavy atom. The van der Waals surface area contributed by atoms with Gasteiger partial charge in [0.15, 0.2) is 24.2 Å². The number of H-pyrrole nitrogens is 1. The van der Waals surface area contributed by atoms with Crippen LogP contribution in [0.2, 0.25) is 0 Å². The van der Waals surface area contributed by atoms with E-state index in [0.717, 1.165) is 52.5 Å². The van der Waals surface area contributed by atoms with E-state index in [4.69, 9.17) is 52.9 Å². The van der Waals surface area contributed by atoms with Gasteiger partial charge in [0.2, 0.25) is 11.8 Å². The molecular formula is C100H155N11O37S. The van der Waals surface area contributed by atoms with E-state index in [1.807, 2.05) is 93.3 Å². The van der Waals surface area contributed by atoms with Gasteiger partial charge in [0.25, 0.3) is 5.56 Å². The zero-order valence-electron chi connectivity index (χ0n) is 86.0. The SMILES string of the molecule is CC(=O)CC1C(OC(C)=O)SC(COC(C)=O)[C@@H](C)[C@@H]1C.CC(=O)NC1C(NOCCc2ccccc2)=NC(CO)[C@@H](O)[C@@H]1O.CC(C)C(=O)NC1c2nc(CCc3ccccc3)cn2C(CO)[C@@H](O)[C@@H]1O.CC(C)CCCC(=O)C[C@H]1C(O[C@H]2OC(CO)[C@@H](O)[C@H](O)C2C)O[C@H](C[C@@H](O)[C@H]2O[C@@H](n3ccc(=O)[nH]c3=O)C(O)[C@H]2O)C(O)[C@H]1O.CC1=NC2[C@H](C1)OC(CO)[C@@H](O)[C@@H]2O.CCN=C1C[C@@H]2OC(CO)[C@@H](O)[C@H](O)C2N1. The maximum Gasteiger partial charge on any atom is 0.330 e. The molecule has 4 aromatic rings. The monoisotopic (exact) mass is 2130 g/mol. The number of ketones is 2. The molecule has 2 aromatic heterocycles. The van der Waals surface area contributed by atoms with Crippen molar-refractivity contribution in [3.05, 3.63) is 123 Å². The van der Waals surface area contributed by atoms with Crippen LogP contribution in [0, 0.1) is 41.4 Å². The highest BCUT2D eigenvalue weighted by molar-refractivity contribution is 8.00. The van der Waals surface area contributed by atoms with Gasteiger partial charge in [-0.25, -0.2) is 9.78 Å². The molecule has 48 nitrogen and oxygen atoms in total. The highest BCUT2D eigenvalue weighted by Gasteiger charge is 2.56. The first-order chi connectivity index (χ1) is 70.6. The van der Waals surface area contributed by atoms with E-state index in [1.165, 1.54) is 45.0 Å². The number of aryl methyl sites for hydroxylation is 2. The average Bonchev–Trinajstić information content (AvgIpc) is 1.65. The van der Waals surface area contributed by atoms with E-state index >= 15 is 0 Å². The van der Waals surface area contributed by atoms with E-state index in [9.17, 15) is 130 Å². The van der Waals surface area contributed by atoms with E-state index in [1.54, 1.807) is 31.5 Å². The average molecular weight is 2140 g/mol. The molecule has 7 saturated heterocycles. The fourth-order valence-electron chi connectivity index (χ4n) is 19.3. The number of nitrogens with zero attached hydrogens (tertiary/aromatic N) is 6. The lowest BCUT2D eigenvalue weighted by molar-refractivity contribution is -0.362. The number of hydroxylamine groups is 1. The van der Waals surface area contributed by atoms with Gasteiger partial charge in [-0.3, -0.25) is 63.6 Å². The predicted molar refractivity (Wildman–Crippen MR) is 533 cm³/mol. The van der Waals surface area contributed by atoms with Crippen LogP contribution in [0.3, 0.4) is 0 Å². The predicted octanol–water partition coefficient (Wildman–Crippen LogP) is -4.28. The second-order valence-electron chi connectivity index (χ2n) is 40.0. The van der Waals surface area contributed by atoms with Gasteiger partial charge in [0.05, 0.1) is 99.9 Å². The quantitative estimate of drug-likeness (QED) is 0.0122. The Hall–Kier alpha value is -8.57. The van der Waals surface area contributed by atoms with Crippen LogP contribution in [-0.4, -0.2) is 408 Å². The second kappa shape index (κ2) is 58.7. The molecule has 149 heavy (non-hydrogen) atoms. The van der Waals surface area contributed by atoms with Crippen molar-refractivity contribution in [2.75, 3.05) is 52.8 Å². The molecule has 38 atom stereocenters. The summed E-state index contributed by atoms with van der Waals surface area (Å²) >= 11 is 1.49. The molecule has 16 unspecified atom stereocenters. The molecule has 0 saturated carbocycles. The Kier molecular flexibility index (Phi) is 48.8. The maximum atomic E-state index is 12.9. The Labute approximate surface area is 867 Å². The number of rotatable bonds is 33. The number of fused-ring (bicyclic) bond motifs is 3. The molecule has 838 valence electrons. The van der Waals surface area contributed by atoms with Crippen molar-refractivity contribution in [1.29, 1.82) is 0 Å². The lowest BCUT2D eigenvalue weighted by Gasteiger charge is -2.47. The third kappa shape index (κ3) is 33.5. The van der Waals surface area contributed by atoms with Crippen LogP contribution >= 0.6 is 11.8 Å². The van der Waals surface area contributed by atoms with E-state index in [-0.39, 0.29) is 132 Å². The van der Waals surface area contributed by atoms with Crippen LogP contribution in [0.4, 0.5) is 0 Å². The normalized spacial score (nSPS) is 35.3. The summed E-state index contributed by atoms with van der Waals surface area (Å²) in [7, 11) is 0. The summed E-state index contributed by atoms with van der Waals surface area (Å²) in [6.45, 7) is 22.0. The molecular weight excluding hydrogens is 1980 g/mol. The number of aliphatic imine (C=N–C) groups is 3. The molecule has 7 fully saturated rings. The number of hydrogen-bond donors (Lipinski definition) is 25. The van der Waals surface area contributed by atoms with Crippen LogP contribution < -0.4 is 32.7 Å². The number of carbonyl (C=O) groups excluding carboxylic acids is 6. The first kappa shape index (κ1) is 124. The Balaban J connectivity index is 0.000000209. The van der Waals surface area contributed by atoms with Crippen molar-refractivity contribution in [3.8, 4) is 0 Å². The van der Waals surface area contributed by atoms with Crippen LogP contribution in [0.5, 0.6) is 0 Å². The Morgan fingerprint density at radius 2 is 1.19 bits per heavy atom. The van der Waals surface area contributed by atoms with Gasteiger partial charge in [0, 0.05) is 119 Å². The van der Waals surface area contributed by atoms with Gasteiger partial charge in [-0.15, -0.1) is 11.8 Å². The molecule has 0 aliphatic carbocycles. The number of nitrogens with one attached hydrogen (secondary N) is 5. The van der Waals surface area contributed by atoms with E-state index in [0.29, 0.717) is 70.0 Å². The van der Waals surface area contributed by atoms with Crippen molar-refractivity contribution in [2.45, 2.75) is 361 Å². The number of benzene rings is 2. The number of imidazole rings is 1. The number of amidine groups is 2. The summed E-state index contributed by atoms with van der Waals surface area (Å²) in [6, 6.07) is 16.8. The molecule has 2 aromatic carbocycles. The summed E-state index contributed by atoms with van der Waals surface area (Å²) in [5.74, 6) is -1.38. The van der Waals surface area contributed by atoms with Gasteiger partial charge < -0.3 is 165 Å². The number of amides is 2. The Morgan fingerprint density at radius 1 is 0.591 bits per heavy atom. The molecule has 0 bridgehead atoms. The number of hydrogen-bond acceptors (Lipinski definition) is 43. The van der Waals surface area contributed by atoms with Gasteiger partial charge in [-0.2, -0.15) is 0 Å². The second-order valence-corrected chi connectivity index (χ2v) is 41.4. The third-order valence-electron chi connectivity index (χ3n) is 28.0. The zero-order valence-corrected chi connectivity index (χ0v) is 86.8. The van der Waals surface area contributed by atoms with E-state index < -0.39 is 208 Å². The molecule has 49 heteroatoms. The first-order valence-electron chi connectivity index (χ1n) is 50.6. The molecule has 14 rings (SSSR count). The molecule has 0 radical (unpaired) electrons. The summed E-state index contributed by atoms with van der Waals surface area (Å²) in [6.07, 6.45) is -22.7. The number of aliphatic hydroxyl groups excluding tert-OH is 20. The fraction of sp³-hybridized carbons (Fsp3) is 0.720. The topological polar surface area (TPSA) is 748 Å². The van der Waals surface area contributed by atoms with Crippen molar-refractivity contribution < 1.29 is 174 Å². The van der Waals surface area contributed by atoms with Crippen LogP contribution in [0.1, 0.15) is 182 Å². The van der Waals surface area contributed by atoms with Crippen molar-refractivity contribution in [1.82, 2.24) is 40.5 Å². The number of carbonyl (C=O) groups is 6. The maximum absolute atomic E-state index is 12.9. The molecule has 12 heterocycles. The van der Waals surface area contributed by atoms with Crippen molar-refractivity contribution >= 4 is 64.5 Å². The highest BCUT2D eigenvalue weighted by atomic mass is 32.2. The minimum Gasteiger partial charge on any atom is -0.465 e. The number of aromatic nitrogens is 4. The van der Waals surface area contributed by atoms with Crippen molar-refractivity contribution in [2.24, 2.45) is 56.4 Å². The third-order valence-corrected chi connectivity index (χ3v) is 29.6. The number of esters is 2. The van der Waals surface area contributed by atoms with Gasteiger partial charge >= 0.3 is 17.6 Å². The summed E-state index contributed by atoms with van der Waals surface area (Å²) in [4.78, 5) is 118. The van der Waals surface area contributed by atoms with Gasteiger partial charge in [0.1, 0.15) is 152 Å². The van der Waals surface area contributed by atoms with E-state index in [2.05, 4.69) is 55.2 Å². The first-order valence-corrected chi connectivity index (χ1v) is 51.5. The van der Waals surface area contributed by atoms with Crippen molar-refractivity contribution in [3.63, 3.8) is 0 Å². The molecule has 10 aliphatic heterocycles.